The Kier molecular flexibility index (Phi) is 35.7. The maximum atomic E-state index is 15.6. The number of anilines is 1. The van der Waals surface area contributed by atoms with Crippen LogP contribution in [0.25, 0.3) is 10.8 Å². The van der Waals surface area contributed by atoms with Crippen molar-refractivity contribution in [2.45, 2.75) is 177 Å². The molecule has 658 valence electrons. The van der Waals surface area contributed by atoms with E-state index in [9.17, 15) is 48.9 Å². The van der Waals surface area contributed by atoms with E-state index in [4.69, 9.17) is 33.2 Å². The minimum atomic E-state index is -1.88. The summed E-state index contributed by atoms with van der Waals surface area (Å²) in [4.78, 5) is 202. The normalized spacial score (nSPS) is 16.3. The number of fused-ring (bicyclic) bond motifs is 1. The number of ether oxygens (including phenoxy) is 1. The van der Waals surface area contributed by atoms with Crippen LogP contribution in [-0.4, -0.2) is 244 Å². The molecule has 9 atom stereocenters. The van der Waals surface area contributed by atoms with E-state index in [2.05, 4.69) is 63.4 Å². The molecule has 19 N–H and O–H groups in total. The Morgan fingerprint density at radius 3 is 1.57 bits per heavy atom. The average molecular weight is 1720 g/mol. The highest BCUT2D eigenvalue weighted by atomic mass is 35.5. The molecule has 2 heterocycles. The van der Waals surface area contributed by atoms with Gasteiger partial charge in [-0.15, -0.1) is 0 Å². The molecule has 6 aromatic carbocycles. The Morgan fingerprint density at radius 2 is 1.03 bits per heavy atom. The topological polar surface area (TPSA) is 527 Å². The molecular weight excluding hydrogens is 1610 g/mol. The average Bonchev–Trinajstić information content (AvgIpc) is 1.64. The lowest BCUT2D eigenvalue weighted by Crippen LogP contribution is -2.65. The van der Waals surface area contributed by atoms with Gasteiger partial charge in [-0.1, -0.05) is 146 Å². The second-order valence-electron chi connectivity index (χ2n) is 31.2. The van der Waals surface area contributed by atoms with Crippen molar-refractivity contribution in [1.29, 1.82) is 5.41 Å². The number of hydrogen-bond acceptors (Lipinski definition) is 19. The van der Waals surface area contributed by atoms with Crippen molar-refractivity contribution in [2.24, 2.45) is 11.5 Å². The largest absolute Gasteiger partial charge is 0.481 e. The van der Waals surface area contributed by atoms with Crippen molar-refractivity contribution >= 4 is 117 Å². The van der Waals surface area contributed by atoms with E-state index >= 15 is 33.6 Å². The molecule has 2 saturated heterocycles. The van der Waals surface area contributed by atoms with Crippen molar-refractivity contribution in [1.82, 2.24) is 67.9 Å². The van der Waals surface area contributed by atoms with E-state index in [1.807, 2.05) is 48.5 Å². The van der Waals surface area contributed by atoms with E-state index < -0.39 is 163 Å². The lowest BCUT2D eigenvalue weighted by Gasteiger charge is -2.34. The summed E-state index contributed by atoms with van der Waals surface area (Å²) in [6.45, 7) is 3.94. The first-order chi connectivity index (χ1) is 58.9. The molecule has 0 bridgehead atoms. The van der Waals surface area contributed by atoms with E-state index in [0.29, 0.717) is 90.6 Å². The highest BCUT2D eigenvalue weighted by molar-refractivity contribution is 6.30. The molecule has 6 aromatic rings. The fraction of sp³-hybridized carbons (Fsp3) is 0.437. The quantitative estimate of drug-likeness (QED) is 0.0145. The van der Waals surface area contributed by atoms with Gasteiger partial charge in [-0.2, -0.15) is 0 Å². The molecule has 9 rings (SSSR count). The molecule has 12 amide bonds. The van der Waals surface area contributed by atoms with Crippen LogP contribution in [0.5, 0.6) is 0 Å². The van der Waals surface area contributed by atoms with Crippen molar-refractivity contribution in [3.05, 3.63) is 184 Å². The predicted octanol–water partition coefficient (Wildman–Crippen LogP) is 1.11. The van der Waals surface area contributed by atoms with Gasteiger partial charge in [0.15, 0.2) is 5.96 Å². The summed E-state index contributed by atoms with van der Waals surface area (Å²) in [5, 5.41) is 70.1. The Hall–Kier alpha value is -12.4. The van der Waals surface area contributed by atoms with E-state index in [1.54, 1.807) is 97.1 Å². The number of carbonyl (C=O) groups is 14. The number of nitrogens with one attached hydrogen (secondary N) is 12. The van der Waals surface area contributed by atoms with Crippen LogP contribution in [0.15, 0.2) is 146 Å². The number of hydrogen-bond donors (Lipinski definition) is 17. The highest BCUT2D eigenvalue weighted by Gasteiger charge is 2.47. The molecular formula is C87H110ClN17O18. The Morgan fingerprint density at radius 1 is 0.553 bits per heavy atom. The van der Waals surface area contributed by atoms with Gasteiger partial charge in [0.25, 0.3) is 0 Å². The van der Waals surface area contributed by atoms with Gasteiger partial charge in [-0.05, 0) is 114 Å². The van der Waals surface area contributed by atoms with Crippen LogP contribution in [0, 0.1) is 5.41 Å². The van der Waals surface area contributed by atoms with Crippen molar-refractivity contribution in [2.75, 3.05) is 71.0 Å². The van der Waals surface area contributed by atoms with Gasteiger partial charge in [-0.25, -0.2) is 0 Å². The van der Waals surface area contributed by atoms with Crippen LogP contribution in [-0.2, 0) is 111 Å². The summed E-state index contributed by atoms with van der Waals surface area (Å²) < 4.78 is 5.56. The molecule has 1 aliphatic carbocycles. The number of aliphatic hydroxyl groups is 1. The number of aliphatic carboxylic acids is 2. The Labute approximate surface area is 716 Å². The number of morpholine rings is 1. The minimum absolute atomic E-state index is 0.0299. The highest BCUT2D eigenvalue weighted by Crippen LogP contribution is 2.32. The summed E-state index contributed by atoms with van der Waals surface area (Å²) >= 11 is 6.33. The van der Waals surface area contributed by atoms with Gasteiger partial charge >= 0.3 is 11.9 Å². The second-order valence-corrected chi connectivity index (χ2v) is 31.6. The van der Waals surface area contributed by atoms with Crippen LogP contribution >= 0.6 is 11.6 Å². The van der Waals surface area contributed by atoms with E-state index in [1.165, 1.54) is 23.6 Å². The van der Waals surface area contributed by atoms with Crippen molar-refractivity contribution < 1.29 is 87.2 Å². The number of rotatable bonds is 45. The monoisotopic (exact) mass is 1720 g/mol. The third-order valence-electron chi connectivity index (χ3n) is 21.7. The van der Waals surface area contributed by atoms with E-state index in [0.717, 1.165) is 16.3 Å². The Balaban J connectivity index is 1.00. The summed E-state index contributed by atoms with van der Waals surface area (Å²) in [5.41, 5.74) is 13.1. The SMILES string of the molecule is CC(=O)Nc1ccc(C[C@@H](NC(=O)[C@H](Cc2ccc(CN3CCOCC3)cc2)NC(=O)[C@H](CO)NC(=O)[C@@H](Cc2ccccc2)NC(=O)[C@@H](Cc2ccc(Cl)cc2)NC(=O)[C@@H](Cc2ccc3ccccc3c2)NC(=O)CN(CCC(=O)O)CCC(=O)O)C(=O)NC2(C(=O)N[C@@H](CCCNC(=N)N)C(=O)N3CCC[C@H]3C(=O)N[C@H](C)C(N)=O)CCCC2)cc1. The first kappa shape index (κ1) is 94.4. The first-order valence-electron chi connectivity index (χ1n) is 41.1. The van der Waals surface area contributed by atoms with Crippen LogP contribution in [0.4, 0.5) is 5.69 Å². The molecule has 2 aliphatic heterocycles. The van der Waals surface area contributed by atoms with Crippen LogP contribution in [0.2, 0.25) is 5.02 Å². The Bertz CT molecular complexity index is 4690. The number of amides is 12. The van der Waals surface area contributed by atoms with Crippen LogP contribution in [0.1, 0.15) is 111 Å². The zero-order valence-corrected chi connectivity index (χ0v) is 69.5. The maximum Gasteiger partial charge on any atom is 0.304 e. The molecule has 1 saturated carbocycles. The number of carboxylic acid groups (broad SMARTS) is 2. The number of carboxylic acids is 2. The zero-order chi connectivity index (χ0) is 88.7. The molecule has 123 heavy (non-hydrogen) atoms. The number of guanidine groups is 1. The molecule has 0 unspecified atom stereocenters. The third kappa shape index (κ3) is 29.7. The zero-order valence-electron chi connectivity index (χ0n) is 68.8. The van der Waals surface area contributed by atoms with Gasteiger partial charge in [-0.3, -0.25) is 82.3 Å². The summed E-state index contributed by atoms with van der Waals surface area (Å²) in [6, 6.07) is 28.0. The first-order valence-corrected chi connectivity index (χ1v) is 41.5. The maximum absolute atomic E-state index is 15.6. The number of primary amides is 1. The minimum Gasteiger partial charge on any atom is -0.481 e. The number of carbonyl (C=O) groups excluding carboxylic acids is 12. The molecule has 3 aliphatic rings. The summed E-state index contributed by atoms with van der Waals surface area (Å²) in [6.07, 6.45) is -0.314. The summed E-state index contributed by atoms with van der Waals surface area (Å²) in [5.74, 6) is -12.5. The van der Waals surface area contributed by atoms with Crippen molar-refractivity contribution in [3.63, 3.8) is 0 Å². The number of benzene rings is 6. The molecule has 3 fully saturated rings. The van der Waals surface area contributed by atoms with E-state index in [-0.39, 0.29) is 102 Å². The summed E-state index contributed by atoms with van der Waals surface area (Å²) in [7, 11) is 0. The lowest BCUT2D eigenvalue weighted by atomic mass is 9.93. The number of nitrogens with zero attached hydrogens (tertiary/aromatic N) is 3. The van der Waals surface area contributed by atoms with Crippen LogP contribution < -0.4 is 70.0 Å². The van der Waals surface area contributed by atoms with Gasteiger partial charge < -0.3 is 94.9 Å². The number of aliphatic hydroxyl groups excluding tert-OH is 1. The molecule has 35 nitrogen and oxygen atoms in total. The van der Waals surface area contributed by atoms with Gasteiger partial charge in [0.2, 0.25) is 70.9 Å². The standard InChI is InChI=1S/C87H110ClN17O18/c1-53(76(89)113)93-83(120)72-17-11-37-105(72)84(121)65(16-10-36-92-86(90)91)101-85(122)87(34-8-9-35-87)102-82(119)70(48-58-25-30-64(31-26-58)94-54(2)107)99-79(116)69(46-56-18-20-59(21-19-56)50-104-40-42-123-43-41-104)98-81(118)71(52-106)100-80(117)67(45-55-12-4-3-5-13-55)97-78(115)68(47-57-23-28-63(88)29-24-57)96-77(114)66(49-60-22-27-61-14-6-7-15-62(61)44-60)95-73(108)51-103(38-32-74(109)110)39-33-75(111)112/h3-7,12-15,18-31,44,53,65-72,106H,8-11,16-17,32-43,45-52H2,1-2H3,(H2,89,113)(H,93,120)(H,94,107)(H,95,108)(H,96,114)(H,97,115)(H,98,118)(H,99,116)(H,100,117)(H,101,122)(H,102,119)(H,109,110)(H,111,112)(H4,90,91,92)/t53-,65+,66-,67-,68-,69+,70-,71+,72+/m1/s1. The fourth-order valence-electron chi connectivity index (χ4n) is 15.0. The molecule has 0 spiro atoms. The van der Waals surface area contributed by atoms with Gasteiger partial charge in [0, 0.05) is 95.6 Å². The number of likely N-dealkylation sites (tertiary alicyclic amines) is 1. The predicted molar refractivity (Wildman–Crippen MR) is 455 cm³/mol. The second kappa shape index (κ2) is 46.5. The smallest absolute Gasteiger partial charge is 0.304 e. The molecule has 0 radical (unpaired) electrons. The third-order valence-corrected chi connectivity index (χ3v) is 21.9. The van der Waals surface area contributed by atoms with Gasteiger partial charge in [0.1, 0.15) is 59.9 Å². The van der Waals surface area contributed by atoms with Crippen molar-refractivity contribution in [3.8, 4) is 0 Å². The van der Waals surface area contributed by atoms with Crippen LogP contribution in [0.3, 0.4) is 0 Å². The number of halogens is 1. The number of nitrogens with two attached hydrogens (primary N) is 2. The fourth-order valence-corrected chi connectivity index (χ4v) is 15.1. The van der Waals surface area contributed by atoms with Gasteiger partial charge in [0.05, 0.1) is 39.2 Å². The lowest BCUT2D eigenvalue weighted by molar-refractivity contribution is -0.143. The molecule has 0 aromatic heterocycles. The molecule has 36 heteroatoms.